The predicted molar refractivity (Wildman–Crippen MR) is 78.3 cm³/mol. The van der Waals surface area contributed by atoms with E-state index in [1.807, 2.05) is 30.3 Å². The van der Waals surface area contributed by atoms with Gasteiger partial charge in [0.1, 0.15) is 5.75 Å². The summed E-state index contributed by atoms with van der Waals surface area (Å²) in [6.07, 6.45) is 0.863. The van der Waals surface area contributed by atoms with Gasteiger partial charge in [-0.2, -0.15) is 0 Å². The summed E-state index contributed by atoms with van der Waals surface area (Å²) in [4.78, 5) is 20.4. The third kappa shape index (κ3) is 3.68. The molecule has 0 aromatic heterocycles. The first kappa shape index (κ1) is 15.4. The van der Waals surface area contributed by atoms with E-state index < -0.39 is 5.97 Å². The van der Waals surface area contributed by atoms with Crippen molar-refractivity contribution >= 4 is 23.0 Å². The van der Waals surface area contributed by atoms with Crippen LogP contribution in [0.2, 0.25) is 0 Å². The number of hydrogen-bond donors (Lipinski definition) is 1. The lowest BCUT2D eigenvalue weighted by Crippen LogP contribution is -1.92. The average molecular weight is 272 g/mol. The van der Waals surface area contributed by atoms with Gasteiger partial charge in [-0.15, -0.1) is 0 Å². The molecule has 0 amide bonds. The fourth-order valence-corrected chi connectivity index (χ4v) is 1.58. The molecule has 20 heavy (non-hydrogen) atoms. The normalized spacial score (nSPS) is 9.30. The number of methoxy groups -OCH3 is 1. The molecule has 0 heterocycles. The largest absolute Gasteiger partial charge is 0.496 e. The van der Waals surface area contributed by atoms with Crippen LogP contribution in [0.5, 0.6) is 5.75 Å². The Bertz CT molecular complexity index is 632. The second kappa shape index (κ2) is 7.09. The van der Waals surface area contributed by atoms with E-state index in [4.69, 9.17) is 9.84 Å². The SMILES string of the molecule is C=C(C)C(=O)O.COc1ccc(C=O)c2ccccc12. The van der Waals surface area contributed by atoms with E-state index in [9.17, 15) is 9.59 Å². The number of aldehydes is 1. The van der Waals surface area contributed by atoms with Crippen molar-refractivity contribution in [3.05, 3.63) is 54.1 Å². The number of ether oxygens (including phenoxy) is 1. The van der Waals surface area contributed by atoms with Crippen LogP contribution >= 0.6 is 0 Å². The highest BCUT2D eigenvalue weighted by Crippen LogP contribution is 2.27. The topological polar surface area (TPSA) is 63.6 Å². The summed E-state index contributed by atoms with van der Waals surface area (Å²) in [5.74, 6) is -0.138. The standard InChI is InChI=1S/C12H10O2.C4H6O2/c1-14-12-7-6-9(8-13)10-4-2-3-5-11(10)12;1-3(2)4(5)6/h2-8H,1H3;1H2,2H3,(H,5,6). The van der Waals surface area contributed by atoms with Gasteiger partial charge in [0.05, 0.1) is 7.11 Å². The van der Waals surface area contributed by atoms with Gasteiger partial charge in [0.15, 0.2) is 6.29 Å². The van der Waals surface area contributed by atoms with Gasteiger partial charge in [0.2, 0.25) is 0 Å². The minimum Gasteiger partial charge on any atom is -0.496 e. The molecule has 2 rings (SSSR count). The lowest BCUT2D eigenvalue weighted by molar-refractivity contribution is -0.132. The molecule has 0 bridgehead atoms. The Labute approximate surface area is 117 Å². The summed E-state index contributed by atoms with van der Waals surface area (Å²) in [6, 6.07) is 11.3. The smallest absolute Gasteiger partial charge is 0.330 e. The minimum absolute atomic E-state index is 0.176. The number of fused-ring (bicyclic) bond motifs is 1. The third-order valence-corrected chi connectivity index (χ3v) is 2.63. The molecule has 0 unspecified atom stereocenters. The minimum atomic E-state index is -0.935. The number of rotatable bonds is 3. The zero-order valence-corrected chi connectivity index (χ0v) is 11.4. The summed E-state index contributed by atoms with van der Waals surface area (Å²) in [5, 5.41) is 9.80. The molecule has 104 valence electrons. The molecule has 0 saturated carbocycles. The average Bonchev–Trinajstić information content (AvgIpc) is 2.46. The lowest BCUT2D eigenvalue weighted by Gasteiger charge is -2.06. The van der Waals surface area contributed by atoms with Gasteiger partial charge >= 0.3 is 5.97 Å². The molecule has 0 atom stereocenters. The number of benzene rings is 2. The lowest BCUT2D eigenvalue weighted by atomic mass is 10.0. The zero-order chi connectivity index (χ0) is 15.1. The molecular formula is C16H16O4. The molecule has 4 nitrogen and oxygen atoms in total. The summed E-state index contributed by atoms with van der Waals surface area (Å²) < 4.78 is 5.21. The predicted octanol–water partition coefficient (Wildman–Crippen LogP) is 3.31. The van der Waals surface area contributed by atoms with Crippen molar-refractivity contribution in [1.29, 1.82) is 0 Å². The van der Waals surface area contributed by atoms with Crippen molar-refractivity contribution in [3.8, 4) is 5.75 Å². The summed E-state index contributed by atoms with van der Waals surface area (Å²) in [6.45, 7) is 4.60. The molecule has 0 fully saturated rings. The Kier molecular flexibility index (Phi) is 5.47. The number of aliphatic carboxylic acids is 1. The van der Waals surface area contributed by atoms with Crippen LogP contribution in [0.1, 0.15) is 17.3 Å². The second-order valence-electron chi connectivity index (χ2n) is 4.11. The molecule has 2 aromatic rings. The van der Waals surface area contributed by atoms with E-state index >= 15 is 0 Å². The molecular weight excluding hydrogens is 256 g/mol. The fraction of sp³-hybridized carbons (Fsp3) is 0.125. The number of carbonyl (C=O) groups is 2. The first-order valence-electron chi connectivity index (χ1n) is 5.91. The quantitative estimate of drug-likeness (QED) is 0.687. The van der Waals surface area contributed by atoms with Crippen LogP contribution < -0.4 is 4.74 Å². The maximum atomic E-state index is 10.8. The fourth-order valence-electron chi connectivity index (χ4n) is 1.58. The molecule has 0 aliphatic rings. The molecule has 1 N–H and O–H groups in total. The number of hydrogen-bond acceptors (Lipinski definition) is 3. The van der Waals surface area contributed by atoms with Crippen LogP contribution in [0.4, 0.5) is 0 Å². The van der Waals surface area contributed by atoms with Crippen molar-refractivity contribution in [2.45, 2.75) is 6.92 Å². The van der Waals surface area contributed by atoms with Gasteiger partial charge < -0.3 is 9.84 Å². The van der Waals surface area contributed by atoms with Crippen LogP contribution in [0.15, 0.2) is 48.6 Å². The van der Waals surface area contributed by atoms with Crippen LogP contribution in [0, 0.1) is 0 Å². The molecule has 0 aliphatic carbocycles. The number of carboxylic acid groups (broad SMARTS) is 1. The van der Waals surface area contributed by atoms with E-state index in [1.54, 1.807) is 13.2 Å². The van der Waals surface area contributed by atoms with Gasteiger partial charge in [-0.05, 0) is 24.4 Å². The van der Waals surface area contributed by atoms with Gasteiger partial charge in [0, 0.05) is 16.5 Å². The highest BCUT2D eigenvalue weighted by Gasteiger charge is 2.03. The Morgan fingerprint density at radius 3 is 2.20 bits per heavy atom. The van der Waals surface area contributed by atoms with Gasteiger partial charge in [0.25, 0.3) is 0 Å². The Morgan fingerprint density at radius 2 is 1.75 bits per heavy atom. The Hall–Kier alpha value is -2.62. The highest BCUT2D eigenvalue weighted by molar-refractivity contribution is 6.00. The number of carboxylic acids is 1. The Balaban J connectivity index is 0.000000286. The van der Waals surface area contributed by atoms with E-state index in [2.05, 4.69) is 6.58 Å². The zero-order valence-electron chi connectivity index (χ0n) is 11.4. The third-order valence-electron chi connectivity index (χ3n) is 2.63. The molecule has 0 aliphatic heterocycles. The van der Waals surface area contributed by atoms with E-state index in [-0.39, 0.29) is 5.57 Å². The maximum Gasteiger partial charge on any atom is 0.330 e. The van der Waals surface area contributed by atoms with Crippen molar-refractivity contribution in [3.63, 3.8) is 0 Å². The Morgan fingerprint density at radius 1 is 1.20 bits per heavy atom. The molecule has 0 spiro atoms. The van der Waals surface area contributed by atoms with Crippen LogP contribution in [0.3, 0.4) is 0 Å². The van der Waals surface area contributed by atoms with Gasteiger partial charge in [-0.25, -0.2) is 4.79 Å². The van der Waals surface area contributed by atoms with Crippen molar-refractivity contribution in [2.24, 2.45) is 0 Å². The summed E-state index contributed by atoms with van der Waals surface area (Å²) in [5.41, 5.74) is 0.872. The summed E-state index contributed by atoms with van der Waals surface area (Å²) in [7, 11) is 1.63. The second-order valence-corrected chi connectivity index (χ2v) is 4.11. The van der Waals surface area contributed by atoms with Gasteiger partial charge in [-0.3, -0.25) is 4.79 Å². The van der Waals surface area contributed by atoms with Crippen LogP contribution in [-0.2, 0) is 4.79 Å². The van der Waals surface area contributed by atoms with Crippen LogP contribution in [-0.4, -0.2) is 24.5 Å². The first-order chi connectivity index (χ1) is 9.51. The van der Waals surface area contributed by atoms with Crippen LogP contribution in [0.25, 0.3) is 10.8 Å². The first-order valence-corrected chi connectivity index (χ1v) is 5.91. The molecule has 2 aromatic carbocycles. The van der Waals surface area contributed by atoms with E-state index in [0.717, 1.165) is 22.8 Å². The van der Waals surface area contributed by atoms with E-state index in [0.29, 0.717) is 5.56 Å². The molecule has 4 heteroatoms. The van der Waals surface area contributed by atoms with Crippen molar-refractivity contribution in [2.75, 3.05) is 7.11 Å². The van der Waals surface area contributed by atoms with E-state index in [1.165, 1.54) is 6.92 Å². The number of carbonyl (C=O) groups excluding carboxylic acids is 1. The monoisotopic (exact) mass is 272 g/mol. The molecule has 0 radical (unpaired) electrons. The van der Waals surface area contributed by atoms with Crippen molar-refractivity contribution < 1.29 is 19.4 Å². The van der Waals surface area contributed by atoms with Crippen molar-refractivity contribution in [1.82, 2.24) is 0 Å². The molecule has 0 saturated heterocycles. The maximum absolute atomic E-state index is 10.8. The van der Waals surface area contributed by atoms with Gasteiger partial charge in [-0.1, -0.05) is 30.8 Å². The summed E-state index contributed by atoms with van der Waals surface area (Å²) >= 11 is 0. The highest BCUT2D eigenvalue weighted by atomic mass is 16.5.